The molecular formula is C14H22N2O3S. The molecular weight excluding hydrogens is 276 g/mol. The number of hydrogen-bond donors (Lipinski definition) is 2. The molecule has 0 saturated heterocycles. The van der Waals surface area contributed by atoms with Crippen molar-refractivity contribution >= 4 is 21.4 Å². The van der Waals surface area contributed by atoms with E-state index in [0.29, 0.717) is 12.2 Å². The lowest BCUT2D eigenvalue weighted by Gasteiger charge is -2.10. The molecule has 0 fully saturated rings. The Morgan fingerprint density at radius 3 is 2.70 bits per heavy atom. The summed E-state index contributed by atoms with van der Waals surface area (Å²) in [6, 6.07) is 7.05. The fourth-order valence-electron chi connectivity index (χ4n) is 1.78. The maximum absolute atomic E-state index is 11.8. The number of carbonyl (C=O) groups excluding carboxylic acids is 1. The van der Waals surface area contributed by atoms with Gasteiger partial charge in [0.1, 0.15) is 5.75 Å². The summed E-state index contributed by atoms with van der Waals surface area (Å²) in [6.07, 6.45) is 0.777. The van der Waals surface area contributed by atoms with Crippen LogP contribution in [-0.4, -0.2) is 25.8 Å². The van der Waals surface area contributed by atoms with Gasteiger partial charge >= 0.3 is 0 Å². The molecule has 0 bridgehead atoms. The van der Waals surface area contributed by atoms with Crippen molar-refractivity contribution in [2.45, 2.75) is 26.8 Å². The third kappa shape index (κ3) is 5.71. The lowest BCUT2D eigenvalue weighted by molar-refractivity contribution is -0.113. The van der Waals surface area contributed by atoms with E-state index in [0.717, 1.165) is 12.0 Å². The van der Waals surface area contributed by atoms with Crippen molar-refractivity contribution in [3.63, 3.8) is 0 Å². The van der Waals surface area contributed by atoms with Crippen LogP contribution in [0.4, 0.5) is 5.69 Å². The van der Waals surface area contributed by atoms with E-state index in [-0.39, 0.29) is 11.7 Å². The summed E-state index contributed by atoms with van der Waals surface area (Å²) in [7, 11) is -3.36. The van der Waals surface area contributed by atoms with Gasteiger partial charge in [0.2, 0.25) is 5.91 Å². The summed E-state index contributed by atoms with van der Waals surface area (Å²) < 4.78 is 23.7. The highest BCUT2D eigenvalue weighted by molar-refractivity contribution is 7.92. The molecule has 0 aromatic heterocycles. The van der Waals surface area contributed by atoms with Gasteiger partial charge in [-0.3, -0.25) is 4.79 Å². The minimum absolute atomic E-state index is 0.0414. The van der Waals surface area contributed by atoms with Gasteiger partial charge in [-0.25, -0.2) is 8.42 Å². The minimum Gasteiger partial charge on any atom is -0.326 e. The van der Waals surface area contributed by atoms with Gasteiger partial charge in [-0.1, -0.05) is 32.4 Å². The largest absolute Gasteiger partial charge is 0.326 e. The highest BCUT2D eigenvalue weighted by atomic mass is 32.2. The number of amides is 1. The number of hydrogen-bond acceptors (Lipinski definition) is 4. The molecule has 0 spiro atoms. The van der Waals surface area contributed by atoms with Gasteiger partial charge in [0.15, 0.2) is 9.84 Å². The minimum atomic E-state index is -3.36. The zero-order valence-electron chi connectivity index (χ0n) is 11.9. The highest BCUT2D eigenvalue weighted by Gasteiger charge is 2.19. The second-order valence-electron chi connectivity index (χ2n) is 5.02. The van der Waals surface area contributed by atoms with Crippen LogP contribution in [0.1, 0.15) is 25.8 Å². The van der Waals surface area contributed by atoms with Crippen LogP contribution < -0.4 is 11.1 Å². The number of nitrogens with one attached hydrogen (secondary N) is 1. The van der Waals surface area contributed by atoms with Gasteiger partial charge in [-0.05, 0) is 23.6 Å². The molecule has 20 heavy (non-hydrogen) atoms. The summed E-state index contributed by atoms with van der Waals surface area (Å²) in [4.78, 5) is 11.8. The molecule has 0 aliphatic rings. The first-order chi connectivity index (χ1) is 9.36. The number of anilines is 1. The molecule has 5 nitrogen and oxygen atoms in total. The lowest BCUT2D eigenvalue weighted by Crippen LogP contribution is -2.26. The standard InChI is InChI=1S/C14H22N2O3S/c1-3-11(2)9-20(18,19)10-14(17)16-13-6-4-5-12(7-13)8-15/h4-7,11H,3,8-10,15H2,1-2H3,(H,16,17). The quantitative estimate of drug-likeness (QED) is 0.799. The van der Waals surface area contributed by atoms with E-state index in [9.17, 15) is 13.2 Å². The molecule has 0 aliphatic heterocycles. The van der Waals surface area contributed by atoms with Gasteiger partial charge < -0.3 is 11.1 Å². The SMILES string of the molecule is CCC(C)CS(=O)(=O)CC(=O)Nc1cccc(CN)c1. The first-order valence-electron chi connectivity index (χ1n) is 6.65. The Balaban J connectivity index is 2.63. The van der Waals surface area contributed by atoms with E-state index in [1.807, 2.05) is 19.9 Å². The zero-order valence-corrected chi connectivity index (χ0v) is 12.7. The summed E-state index contributed by atoms with van der Waals surface area (Å²) in [6.45, 7) is 4.16. The fraction of sp³-hybridized carbons (Fsp3) is 0.500. The molecule has 1 amide bonds. The third-order valence-corrected chi connectivity index (χ3v) is 4.81. The normalized spacial score (nSPS) is 12.9. The molecule has 1 rings (SSSR count). The fourth-order valence-corrected chi connectivity index (χ4v) is 3.48. The molecule has 0 radical (unpaired) electrons. The van der Waals surface area contributed by atoms with Crippen molar-refractivity contribution < 1.29 is 13.2 Å². The average molecular weight is 298 g/mol. The van der Waals surface area contributed by atoms with Crippen molar-refractivity contribution in [1.29, 1.82) is 0 Å². The molecule has 0 heterocycles. The van der Waals surface area contributed by atoms with Crippen LogP contribution >= 0.6 is 0 Å². The predicted octanol–water partition coefficient (Wildman–Crippen LogP) is 1.54. The molecule has 3 N–H and O–H groups in total. The van der Waals surface area contributed by atoms with Crippen LogP contribution in [0.15, 0.2) is 24.3 Å². The number of nitrogens with two attached hydrogens (primary N) is 1. The van der Waals surface area contributed by atoms with Crippen molar-refractivity contribution in [3.8, 4) is 0 Å². The summed E-state index contributed by atoms with van der Waals surface area (Å²) in [5, 5.41) is 2.59. The Hall–Kier alpha value is -1.40. The Kier molecular flexibility index (Phi) is 6.16. The van der Waals surface area contributed by atoms with E-state index in [1.165, 1.54) is 0 Å². The van der Waals surface area contributed by atoms with Crippen LogP contribution in [0.5, 0.6) is 0 Å². The van der Waals surface area contributed by atoms with Gasteiger partial charge in [-0.15, -0.1) is 0 Å². The number of benzene rings is 1. The number of sulfone groups is 1. The van der Waals surface area contributed by atoms with E-state index < -0.39 is 21.5 Å². The Morgan fingerprint density at radius 1 is 1.40 bits per heavy atom. The number of carbonyl (C=O) groups is 1. The molecule has 1 atom stereocenters. The molecule has 0 aliphatic carbocycles. The van der Waals surface area contributed by atoms with E-state index >= 15 is 0 Å². The van der Waals surface area contributed by atoms with Gasteiger partial charge in [0.05, 0.1) is 5.75 Å². The summed E-state index contributed by atoms with van der Waals surface area (Å²) in [5.41, 5.74) is 6.96. The van der Waals surface area contributed by atoms with Crippen LogP contribution in [0.3, 0.4) is 0 Å². The topological polar surface area (TPSA) is 89.3 Å². The predicted molar refractivity (Wildman–Crippen MR) is 81.1 cm³/mol. The second kappa shape index (κ2) is 7.40. The lowest BCUT2D eigenvalue weighted by atomic mass is 10.2. The van der Waals surface area contributed by atoms with Crippen LogP contribution in [0, 0.1) is 5.92 Å². The Labute approximate surface area is 120 Å². The van der Waals surface area contributed by atoms with Gasteiger partial charge in [0.25, 0.3) is 0 Å². The molecule has 1 aromatic carbocycles. The maximum atomic E-state index is 11.8. The zero-order chi connectivity index (χ0) is 15.2. The average Bonchev–Trinajstić information content (AvgIpc) is 2.37. The maximum Gasteiger partial charge on any atom is 0.239 e. The Morgan fingerprint density at radius 2 is 2.10 bits per heavy atom. The summed E-state index contributed by atoms with van der Waals surface area (Å²) >= 11 is 0. The number of rotatable bonds is 7. The summed E-state index contributed by atoms with van der Waals surface area (Å²) in [5.74, 6) is -0.889. The van der Waals surface area contributed by atoms with Crippen LogP contribution in [0.2, 0.25) is 0 Å². The van der Waals surface area contributed by atoms with Crippen molar-refractivity contribution in [3.05, 3.63) is 29.8 Å². The molecule has 112 valence electrons. The second-order valence-corrected chi connectivity index (χ2v) is 7.13. The van der Waals surface area contributed by atoms with E-state index in [2.05, 4.69) is 5.32 Å². The van der Waals surface area contributed by atoms with Crippen molar-refractivity contribution in [2.24, 2.45) is 11.7 Å². The van der Waals surface area contributed by atoms with E-state index in [1.54, 1.807) is 18.2 Å². The molecule has 1 unspecified atom stereocenters. The molecule has 6 heteroatoms. The van der Waals surface area contributed by atoms with Crippen molar-refractivity contribution in [2.75, 3.05) is 16.8 Å². The van der Waals surface area contributed by atoms with Crippen molar-refractivity contribution in [1.82, 2.24) is 0 Å². The van der Waals surface area contributed by atoms with Crippen LogP contribution in [-0.2, 0) is 21.2 Å². The van der Waals surface area contributed by atoms with Gasteiger partial charge in [-0.2, -0.15) is 0 Å². The monoisotopic (exact) mass is 298 g/mol. The highest BCUT2D eigenvalue weighted by Crippen LogP contribution is 2.11. The van der Waals surface area contributed by atoms with Crippen LogP contribution in [0.25, 0.3) is 0 Å². The first kappa shape index (κ1) is 16.7. The Bertz CT molecular complexity index is 555. The smallest absolute Gasteiger partial charge is 0.239 e. The molecule has 0 saturated carbocycles. The molecule has 1 aromatic rings. The van der Waals surface area contributed by atoms with E-state index in [4.69, 9.17) is 5.73 Å². The van der Waals surface area contributed by atoms with Gasteiger partial charge in [0, 0.05) is 12.2 Å². The third-order valence-electron chi connectivity index (χ3n) is 3.03. The first-order valence-corrected chi connectivity index (χ1v) is 8.47.